The van der Waals surface area contributed by atoms with Gasteiger partial charge in [0.15, 0.2) is 5.65 Å². The number of aromatic carboxylic acids is 1. The minimum Gasteiger partial charge on any atom is -0.478 e. The zero-order chi connectivity index (χ0) is 30.9. The number of imidazole rings is 1. The number of pyridine rings is 2. The van der Waals surface area contributed by atoms with E-state index in [1.165, 1.54) is 29.6 Å². The molecule has 5 aromatic rings. The van der Waals surface area contributed by atoms with Gasteiger partial charge in [-0.2, -0.15) is 13.2 Å². The summed E-state index contributed by atoms with van der Waals surface area (Å²) in [4.78, 5) is 39.3. The van der Waals surface area contributed by atoms with E-state index < -0.39 is 35.5 Å². The fourth-order valence-electron chi connectivity index (χ4n) is 4.60. The van der Waals surface area contributed by atoms with E-state index >= 15 is 0 Å². The van der Waals surface area contributed by atoms with Gasteiger partial charge in [-0.05, 0) is 74.9 Å². The van der Waals surface area contributed by atoms with E-state index in [2.05, 4.69) is 15.0 Å². The van der Waals surface area contributed by atoms with Crippen LogP contribution in [0.3, 0.4) is 0 Å². The molecule has 1 amide bonds. The molecule has 3 aromatic heterocycles. The number of carboxylic acid groups (broad SMARTS) is 1. The van der Waals surface area contributed by atoms with Crippen molar-refractivity contribution in [2.45, 2.75) is 39.5 Å². The van der Waals surface area contributed by atoms with Crippen molar-refractivity contribution in [1.82, 2.24) is 19.5 Å². The van der Waals surface area contributed by atoms with E-state index in [4.69, 9.17) is 4.74 Å². The number of hydrogen-bond acceptors (Lipinski definition) is 6. The molecule has 0 aliphatic rings. The average molecular weight is 590 g/mol. The maximum atomic E-state index is 14.1. The molecule has 220 valence electrons. The molecule has 3 heterocycles. The lowest BCUT2D eigenvalue weighted by atomic mass is 10.1. The summed E-state index contributed by atoms with van der Waals surface area (Å²) < 4.78 is 49.5. The third kappa shape index (κ3) is 6.17. The van der Waals surface area contributed by atoms with Gasteiger partial charge in [-0.15, -0.1) is 0 Å². The first-order valence-electron chi connectivity index (χ1n) is 13.2. The number of carbonyl (C=O) groups excluding carboxylic acids is 1. The van der Waals surface area contributed by atoms with Crippen molar-refractivity contribution in [3.63, 3.8) is 0 Å². The highest BCUT2D eigenvalue weighted by Crippen LogP contribution is 2.38. The van der Waals surface area contributed by atoms with Crippen LogP contribution in [-0.2, 0) is 12.7 Å². The minimum atomic E-state index is -4.82. The van der Waals surface area contributed by atoms with E-state index in [9.17, 15) is 27.9 Å². The normalized spacial score (nSPS) is 11.6. The van der Waals surface area contributed by atoms with Crippen LogP contribution in [0.5, 0.6) is 11.6 Å². The Balaban J connectivity index is 1.47. The number of ether oxygens (including phenoxy) is 1. The topological polar surface area (TPSA) is 110 Å². The van der Waals surface area contributed by atoms with E-state index in [1.54, 1.807) is 61.0 Å². The molecule has 0 unspecified atom stereocenters. The van der Waals surface area contributed by atoms with Crippen LogP contribution in [0.25, 0.3) is 11.2 Å². The Morgan fingerprint density at radius 3 is 2.44 bits per heavy atom. The molecule has 0 radical (unpaired) electrons. The van der Waals surface area contributed by atoms with Crippen molar-refractivity contribution in [1.29, 1.82) is 0 Å². The molecule has 0 saturated carbocycles. The standard InChI is InChI=1S/C31H26F3N5O4/c1-18(2)39(29(40)21-8-6-19(3)7-9-21)26-11-10-22(14-23(26)30(41)42)43-28-24(31(32,33)34)13-20(15-36-28)16-38-17-37-25-5-4-12-35-27(25)38/h4-15,17-18H,16H2,1-3H3,(H,41,42). The van der Waals surface area contributed by atoms with Gasteiger partial charge in [-0.1, -0.05) is 17.7 Å². The minimum absolute atomic E-state index is 0.0295. The second-order valence-corrected chi connectivity index (χ2v) is 10.1. The van der Waals surface area contributed by atoms with Gasteiger partial charge in [0.2, 0.25) is 5.88 Å². The van der Waals surface area contributed by atoms with E-state index in [0.29, 0.717) is 16.7 Å². The lowest BCUT2D eigenvalue weighted by Crippen LogP contribution is -2.38. The largest absolute Gasteiger partial charge is 0.478 e. The van der Waals surface area contributed by atoms with Crippen molar-refractivity contribution >= 4 is 28.7 Å². The summed E-state index contributed by atoms with van der Waals surface area (Å²) >= 11 is 0. The van der Waals surface area contributed by atoms with Crippen LogP contribution >= 0.6 is 0 Å². The predicted molar refractivity (Wildman–Crippen MR) is 152 cm³/mol. The zero-order valence-electron chi connectivity index (χ0n) is 23.3. The lowest BCUT2D eigenvalue weighted by molar-refractivity contribution is -0.138. The van der Waals surface area contributed by atoms with E-state index in [0.717, 1.165) is 17.7 Å². The van der Waals surface area contributed by atoms with Gasteiger partial charge < -0.3 is 19.3 Å². The van der Waals surface area contributed by atoms with Crippen molar-refractivity contribution in [3.05, 3.63) is 107 Å². The third-order valence-electron chi connectivity index (χ3n) is 6.65. The number of benzene rings is 2. The molecule has 0 aliphatic carbocycles. The van der Waals surface area contributed by atoms with Crippen LogP contribution in [0.4, 0.5) is 18.9 Å². The number of anilines is 1. The van der Waals surface area contributed by atoms with Gasteiger partial charge in [0, 0.05) is 24.0 Å². The molecule has 0 saturated heterocycles. The Kier molecular flexibility index (Phi) is 7.85. The van der Waals surface area contributed by atoms with Crippen molar-refractivity contribution in [2.24, 2.45) is 0 Å². The van der Waals surface area contributed by atoms with Crippen molar-refractivity contribution < 1.29 is 32.6 Å². The van der Waals surface area contributed by atoms with Crippen LogP contribution in [-0.4, -0.2) is 42.5 Å². The molecule has 0 atom stereocenters. The Morgan fingerprint density at radius 1 is 1.02 bits per heavy atom. The quantitative estimate of drug-likeness (QED) is 0.213. The second kappa shape index (κ2) is 11.6. The number of halogens is 3. The average Bonchev–Trinajstić information content (AvgIpc) is 3.36. The zero-order valence-corrected chi connectivity index (χ0v) is 23.3. The molecular weight excluding hydrogens is 563 g/mol. The molecule has 0 bridgehead atoms. The summed E-state index contributed by atoms with van der Waals surface area (Å²) in [6.07, 6.45) is -0.536. The first-order valence-corrected chi connectivity index (χ1v) is 13.2. The number of alkyl halides is 3. The van der Waals surface area contributed by atoms with Crippen LogP contribution in [0.2, 0.25) is 0 Å². The summed E-state index contributed by atoms with van der Waals surface area (Å²) in [5.74, 6) is -2.75. The number of amides is 1. The highest BCUT2D eigenvalue weighted by atomic mass is 19.4. The highest BCUT2D eigenvalue weighted by Gasteiger charge is 2.36. The number of carboxylic acids is 1. The number of fused-ring (bicyclic) bond motifs is 1. The lowest BCUT2D eigenvalue weighted by Gasteiger charge is -2.28. The fourth-order valence-corrected chi connectivity index (χ4v) is 4.60. The van der Waals surface area contributed by atoms with Gasteiger partial charge in [-0.3, -0.25) is 4.79 Å². The van der Waals surface area contributed by atoms with Crippen LogP contribution in [0.15, 0.2) is 79.4 Å². The van der Waals surface area contributed by atoms with Gasteiger partial charge >= 0.3 is 12.1 Å². The molecule has 43 heavy (non-hydrogen) atoms. The summed E-state index contributed by atoms with van der Waals surface area (Å²) in [5, 5.41) is 9.99. The molecule has 0 aliphatic heterocycles. The van der Waals surface area contributed by atoms with E-state index in [1.807, 2.05) is 6.92 Å². The number of hydrogen-bond donors (Lipinski definition) is 1. The first-order chi connectivity index (χ1) is 20.4. The highest BCUT2D eigenvalue weighted by molar-refractivity contribution is 6.09. The van der Waals surface area contributed by atoms with Gasteiger partial charge in [0.05, 0.1) is 24.1 Å². The molecule has 1 N–H and O–H groups in total. The molecule has 5 rings (SSSR count). The van der Waals surface area contributed by atoms with Crippen LogP contribution < -0.4 is 9.64 Å². The summed E-state index contributed by atoms with van der Waals surface area (Å²) in [7, 11) is 0. The Hall–Kier alpha value is -5.26. The summed E-state index contributed by atoms with van der Waals surface area (Å²) in [5.41, 5.74) is 1.25. The molecular formula is C31H26F3N5O4. The maximum absolute atomic E-state index is 14.1. The number of carbonyl (C=O) groups is 2. The van der Waals surface area contributed by atoms with Crippen molar-refractivity contribution in [2.75, 3.05) is 4.90 Å². The number of aromatic nitrogens is 4. The monoisotopic (exact) mass is 589 g/mol. The van der Waals surface area contributed by atoms with Crippen LogP contribution in [0, 0.1) is 6.92 Å². The molecule has 0 fully saturated rings. The van der Waals surface area contributed by atoms with Crippen LogP contribution in [0.1, 0.15) is 51.3 Å². The first kappa shape index (κ1) is 29.2. The molecule has 0 spiro atoms. The smallest absolute Gasteiger partial charge is 0.421 e. The number of aryl methyl sites for hydroxylation is 1. The second-order valence-electron chi connectivity index (χ2n) is 10.1. The fraction of sp³-hybridized carbons (Fsp3) is 0.194. The van der Waals surface area contributed by atoms with Gasteiger partial charge in [0.25, 0.3) is 5.91 Å². The maximum Gasteiger partial charge on any atom is 0.421 e. The SMILES string of the molecule is Cc1ccc(C(=O)N(c2ccc(Oc3ncc(Cn4cnc5cccnc54)cc3C(F)(F)F)cc2C(=O)O)C(C)C)cc1. The van der Waals surface area contributed by atoms with Gasteiger partial charge in [-0.25, -0.2) is 19.7 Å². The van der Waals surface area contributed by atoms with E-state index in [-0.39, 0.29) is 29.1 Å². The molecule has 12 heteroatoms. The van der Waals surface area contributed by atoms with Crippen molar-refractivity contribution in [3.8, 4) is 11.6 Å². The molecule has 9 nitrogen and oxygen atoms in total. The number of rotatable bonds is 8. The summed E-state index contributed by atoms with van der Waals surface area (Å²) in [6.45, 7) is 5.36. The van der Waals surface area contributed by atoms with Gasteiger partial charge in [0.1, 0.15) is 16.8 Å². The Morgan fingerprint density at radius 2 is 1.77 bits per heavy atom. The number of nitrogens with zero attached hydrogens (tertiary/aromatic N) is 5. The Bertz CT molecular complexity index is 1820. The molecule has 2 aromatic carbocycles. The Labute approximate surface area is 244 Å². The predicted octanol–water partition coefficient (Wildman–Crippen LogP) is 6.75. The third-order valence-corrected chi connectivity index (χ3v) is 6.65. The summed E-state index contributed by atoms with van der Waals surface area (Å²) in [6, 6.07) is 14.5.